The lowest BCUT2D eigenvalue weighted by Gasteiger charge is -2.32. The van der Waals surface area contributed by atoms with Crippen LogP contribution in [0.1, 0.15) is 130 Å². The molecule has 0 amide bonds. The second-order valence-corrected chi connectivity index (χ2v) is 7.68. The molecule has 0 saturated carbocycles. The monoisotopic (exact) mass is 418 g/mol. The van der Waals surface area contributed by atoms with E-state index >= 15 is 0 Å². The van der Waals surface area contributed by atoms with Gasteiger partial charge in [0.15, 0.2) is 0 Å². The molecule has 0 fully saturated rings. The predicted octanol–water partition coefficient (Wildman–Crippen LogP) is 6.56. The highest BCUT2D eigenvalue weighted by Gasteiger charge is 2.31. The van der Waals surface area contributed by atoms with E-state index < -0.39 is 5.97 Å². The maximum atomic E-state index is 5.79. The van der Waals surface area contributed by atoms with Crippen LogP contribution >= 0.6 is 0 Å². The number of unbranched alkanes of at least 4 members (excludes halogenated alkanes) is 14. The van der Waals surface area contributed by atoms with Gasteiger partial charge in [-0.2, -0.15) is 0 Å². The minimum atomic E-state index is -0.811. The molecular weight excluding hydrogens is 364 g/mol. The molecule has 0 heterocycles. The van der Waals surface area contributed by atoms with Crippen LogP contribution in [-0.4, -0.2) is 36.8 Å². The lowest BCUT2D eigenvalue weighted by molar-refractivity contribution is -0.380. The van der Waals surface area contributed by atoms with Crippen molar-refractivity contribution in [3.63, 3.8) is 0 Å². The second-order valence-electron chi connectivity index (χ2n) is 7.68. The fourth-order valence-corrected chi connectivity index (χ4v) is 3.71. The normalized spacial score (nSPS) is 11.6. The molecular formula is C24H54O3Si. The summed E-state index contributed by atoms with van der Waals surface area (Å²) in [5.41, 5.74) is 0. The molecule has 0 aromatic carbocycles. The summed E-state index contributed by atoms with van der Waals surface area (Å²) in [5.74, 6) is -0.811. The van der Waals surface area contributed by atoms with Gasteiger partial charge in [-0.25, -0.2) is 0 Å². The first-order valence-electron chi connectivity index (χ1n) is 12.2. The van der Waals surface area contributed by atoms with Crippen LogP contribution in [0.25, 0.3) is 0 Å². The summed E-state index contributed by atoms with van der Waals surface area (Å²) >= 11 is 0. The molecule has 0 aliphatic rings. The van der Waals surface area contributed by atoms with Crippen molar-refractivity contribution < 1.29 is 14.2 Å². The van der Waals surface area contributed by atoms with Gasteiger partial charge in [0, 0.05) is 26.2 Å². The Morgan fingerprint density at radius 3 is 1.00 bits per heavy atom. The molecule has 0 aromatic rings. The third-order valence-electron chi connectivity index (χ3n) is 5.18. The van der Waals surface area contributed by atoms with Gasteiger partial charge in [0.2, 0.25) is 0 Å². The van der Waals surface area contributed by atoms with Crippen LogP contribution in [0.3, 0.4) is 0 Å². The maximum Gasteiger partial charge on any atom is 0.282 e. The number of rotatable bonds is 22. The zero-order valence-electron chi connectivity index (χ0n) is 19.2. The predicted molar refractivity (Wildman–Crippen MR) is 128 cm³/mol. The van der Waals surface area contributed by atoms with Crippen molar-refractivity contribution >= 4 is 11.0 Å². The molecule has 0 unspecified atom stereocenters. The summed E-state index contributed by atoms with van der Waals surface area (Å²) < 4.78 is 17.4. The highest BCUT2D eigenvalue weighted by molar-refractivity contribution is 5.75. The quantitative estimate of drug-likeness (QED) is 0.113. The minimum absolute atomic E-state index is 0. The van der Waals surface area contributed by atoms with Crippen molar-refractivity contribution in [1.29, 1.82) is 0 Å². The third-order valence-corrected chi connectivity index (χ3v) is 5.18. The van der Waals surface area contributed by atoms with Crippen molar-refractivity contribution in [2.75, 3.05) is 19.8 Å². The molecule has 0 radical (unpaired) electrons. The lowest BCUT2D eigenvalue weighted by atomic mass is 10.0. The van der Waals surface area contributed by atoms with Gasteiger partial charge in [0.1, 0.15) is 0 Å². The van der Waals surface area contributed by atoms with Crippen LogP contribution in [-0.2, 0) is 14.2 Å². The molecule has 0 rings (SSSR count). The van der Waals surface area contributed by atoms with Crippen molar-refractivity contribution in [3.8, 4) is 0 Å². The Bertz CT molecular complexity index is 270. The lowest BCUT2D eigenvalue weighted by Crippen LogP contribution is -2.39. The molecule has 172 valence electrons. The Kier molecular flexibility index (Phi) is 25.3. The van der Waals surface area contributed by atoms with Crippen molar-refractivity contribution in [2.24, 2.45) is 0 Å². The first-order chi connectivity index (χ1) is 13.2. The van der Waals surface area contributed by atoms with Gasteiger partial charge in [0.05, 0.1) is 0 Å². The molecule has 0 N–H and O–H groups in total. The Morgan fingerprint density at radius 1 is 0.429 bits per heavy atom. The van der Waals surface area contributed by atoms with Crippen molar-refractivity contribution in [3.05, 3.63) is 0 Å². The molecule has 28 heavy (non-hydrogen) atoms. The minimum Gasteiger partial charge on any atom is -0.328 e. The zero-order valence-corrected chi connectivity index (χ0v) is 19.2. The summed E-state index contributed by atoms with van der Waals surface area (Å²) in [4.78, 5) is 0. The van der Waals surface area contributed by atoms with Crippen LogP contribution in [0.4, 0.5) is 0 Å². The molecule has 0 bridgehead atoms. The van der Waals surface area contributed by atoms with Gasteiger partial charge in [-0.1, -0.05) is 96.8 Å². The second kappa shape index (κ2) is 23.4. The van der Waals surface area contributed by atoms with Crippen molar-refractivity contribution in [1.82, 2.24) is 0 Å². The summed E-state index contributed by atoms with van der Waals surface area (Å²) in [6.07, 6.45) is 21.5. The highest BCUT2D eigenvalue weighted by atomic mass is 28.1. The van der Waals surface area contributed by atoms with Gasteiger partial charge in [0.25, 0.3) is 5.97 Å². The smallest absolute Gasteiger partial charge is 0.282 e. The Morgan fingerprint density at radius 2 is 0.714 bits per heavy atom. The van der Waals surface area contributed by atoms with Crippen LogP contribution in [0.2, 0.25) is 0 Å². The molecule has 0 aliphatic heterocycles. The first-order valence-corrected chi connectivity index (χ1v) is 12.2. The fraction of sp³-hybridized carbons (Fsp3) is 1.00. The molecule has 0 saturated heterocycles. The van der Waals surface area contributed by atoms with E-state index in [0.29, 0.717) is 19.8 Å². The Labute approximate surface area is 181 Å². The van der Waals surface area contributed by atoms with E-state index in [1.165, 1.54) is 89.9 Å². The Hall–Kier alpha value is 0.0969. The van der Waals surface area contributed by atoms with Gasteiger partial charge in [-0.15, -0.1) is 0 Å². The maximum absolute atomic E-state index is 5.79. The largest absolute Gasteiger partial charge is 0.328 e. The van der Waals surface area contributed by atoms with Crippen LogP contribution in [0.5, 0.6) is 0 Å². The topological polar surface area (TPSA) is 27.7 Å². The van der Waals surface area contributed by atoms with Crippen LogP contribution in [0, 0.1) is 0 Å². The summed E-state index contributed by atoms with van der Waals surface area (Å²) in [6, 6.07) is 0. The van der Waals surface area contributed by atoms with E-state index in [-0.39, 0.29) is 11.0 Å². The SMILES string of the molecule is CCCCCCCCCCCCCCCCCC(OCC)(OCC)OCC.[SiH4]. The molecule has 4 heteroatoms. The molecule has 0 atom stereocenters. The molecule has 3 nitrogen and oxygen atoms in total. The fourth-order valence-electron chi connectivity index (χ4n) is 3.71. The van der Waals surface area contributed by atoms with E-state index in [4.69, 9.17) is 14.2 Å². The summed E-state index contributed by atoms with van der Waals surface area (Å²) in [6.45, 7) is 10.2. The molecule has 0 spiro atoms. The molecule has 0 aromatic heterocycles. The number of ether oxygens (including phenoxy) is 3. The third kappa shape index (κ3) is 18.1. The Balaban J connectivity index is 0. The van der Waals surface area contributed by atoms with Crippen LogP contribution < -0.4 is 0 Å². The highest BCUT2D eigenvalue weighted by Crippen LogP contribution is 2.24. The zero-order chi connectivity index (χ0) is 20.1. The molecule has 0 aliphatic carbocycles. The van der Waals surface area contributed by atoms with E-state index in [2.05, 4.69) is 6.92 Å². The van der Waals surface area contributed by atoms with Gasteiger partial charge < -0.3 is 14.2 Å². The summed E-state index contributed by atoms with van der Waals surface area (Å²) in [5, 5.41) is 0. The van der Waals surface area contributed by atoms with Crippen molar-refractivity contribution in [2.45, 2.75) is 136 Å². The van der Waals surface area contributed by atoms with E-state index in [0.717, 1.165) is 12.8 Å². The van der Waals surface area contributed by atoms with E-state index in [9.17, 15) is 0 Å². The number of hydrogen-bond acceptors (Lipinski definition) is 3. The average Bonchev–Trinajstić information content (AvgIpc) is 2.65. The standard InChI is InChI=1S/C24H50O3.H4Si/c1-5-9-10-11-12-13-14-15-16-17-18-19-20-21-22-23-24(25-6-2,26-7-3)27-8-4;/h5-23H2,1-4H3;1H4. The number of hydrogen-bond donors (Lipinski definition) is 0. The average molecular weight is 419 g/mol. The first kappa shape index (κ1) is 30.3. The van der Waals surface area contributed by atoms with Gasteiger partial charge in [-0.3, -0.25) is 0 Å². The van der Waals surface area contributed by atoms with Crippen LogP contribution in [0.15, 0.2) is 0 Å². The summed E-state index contributed by atoms with van der Waals surface area (Å²) in [7, 11) is 0. The van der Waals surface area contributed by atoms with Gasteiger partial charge >= 0.3 is 0 Å². The van der Waals surface area contributed by atoms with Gasteiger partial charge in [-0.05, 0) is 38.2 Å². The van der Waals surface area contributed by atoms with E-state index in [1.807, 2.05) is 20.8 Å². The van der Waals surface area contributed by atoms with E-state index in [1.54, 1.807) is 0 Å².